The minimum Gasteiger partial charge on any atom is -0.382 e. The first-order valence-electron chi connectivity index (χ1n) is 6.83. The molecule has 114 valence electrons. The third kappa shape index (κ3) is 6.41. The first kappa shape index (κ1) is 17.2. The van der Waals surface area contributed by atoms with Gasteiger partial charge in [-0.15, -0.1) is 0 Å². The molecule has 0 saturated heterocycles. The lowest BCUT2D eigenvalue weighted by molar-refractivity contribution is 0.0692. The Morgan fingerprint density at radius 1 is 1.33 bits per heavy atom. The fourth-order valence-corrected chi connectivity index (χ4v) is 1.67. The molecule has 0 unspecified atom stereocenters. The maximum atomic E-state index is 12.1. The van der Waals surface area contributed by atoms with Crippen molar-refractivity contribution in [3.63, 3.8) is 0 Å². The van der Waals surface area contributed by atoms with Crippen LogP contribution in [-0.2, 0) is 9.47 Å². The standard InChI is InChI=1S/C16H22N2O3/c1-13-5-6-14(4-3-7-17)12-15(13)16(19)18-8-9-21-11-10-20-2/h5-6,12H,7-11,17H2,1-2H3,(H,18,19). The summed E-state index contributed by atoms with van der Waals surface area (Å²) in [5.74, 6) is 5.57. The summed E-state index contributed by atoms with van der Waals surface area (Å²) in [4.78, 5) is 12.1. The van der Waals surface area contributed by atoms with Crippen LogP contribution in [0.3, 0.4) is 0 Å². The van der Waals surface area contributed by atoms with Gasteiger partial charge in [-0.1, -0.05) is 17.9 Å². The van der Waals surface area contributed by atoms with E-state index in [1.54, 1.807) is 13.2 Å². The molecule has 0 aliphatic heterocycles. The summed E-state index contributed by atoms with van der Waals surface area (Å²) in [5, 5.41) is 2.82. The van der Waals surface area contributed by atoms with E-state index < -0.39 is 0 Å². The summed E-state index contributed by atoms with van der Waals surface area (Å²) in [6.07, 6.45) is 0. The molecule has 0 heterocycles. The van der Waals surface area contributed by atoms with E-state index in [1.165, 1.54) is 0 Å². The second kappa shape index (κ2) is 9.94. The summed E-state index contributed by atoms with van der Waals surface area (Å²) in [6.45, 7) is 4.18. The molecule has 0 bridgehead atoms. The number of amides is 1. The SMILES string of the molecule is COCCOCCNC(=O)c1cc(C#CCN)ccc1C. The maximum absolute atomic E-state index is 12.1. The number of benzene rings is 1. The van der Waals surface area contributed by atoms with Crippen LogP contribution in [0, 0.1) is 18.8 Å². The first-order valence-corrected chi connectivity index (χ1v) is 6.83. The number of nitrogens with one attached hydrogen (secondary N) is 1. The van der Waals surface area contributed by atoms with Gasteiger partial charge in [0.05, 0.1) is 26.4 Å². The summed E-state index contributed by atoms with van der Waals surface area (Å²) in [7, 11) is 1.62. The molecular formula is C16H22N2O3. The topological polar surface area (TPSA) is 73.6 Å². The van der Waals surface area contributed by atoms with Crippen LogP contribution < -0.4 is 11.1 Å². The molecule has 5 nitrogen and oxygen atoms in total. The molecule has 0 aliphatic carbocycles. The number of nitrogens with two attached hydrogens (primary N) is 1. The summed E-state index contributed by atoms with van der Waals surface area (Å²) in [5.41, 5.74) is 7.66. The van der Waals surface area contributed by atoms with Crippen molar-refractivity contribution in [2.45, 2.75) is 6.92 Å². The van der Waals surface area contributed by atoms with E-state index in [0.717, 1.165) is 11.1 Å². The Morgan fingerprint density at radius 3 is 2.86 bits per heavy atom. The van der Waals surface area contributed by atoms with E-state index >= 15 is 0 Å². The molecule has 0 spiro atoms. The minimum atomic E-state index is -0.126. The lowest BCUT2D eigenvalue weighted by Crippen LogP contribution is -2.28. The van der Waals surface area contributed by atoms with Gasteiger partial charge in [-0.05, 0) is 24.6 Å². The van der Waals surface area contributed by atoms with Gasteiger partial charge in [0, 0.05) is 24.8 Å². The normalized spacial score (nSPS) is 9.86. The van der Waals surface area contributed by atoms with E-state index in [2.05, 4.69) is 17.2 Å². The summed E-state index contributed by atoms with van der Waals surface area (Å²) in [6, 6.07) is 5.53. The van der Waals surface area contributed by atoms with Gasteiger partial charge in [0.2, 0.25) is 0 Å². The van der Waals surface area contributed by atoms with Gasteiger partial charge >= 0.3 is 0 Å². The second-order valence-corrected chi connectivity index (χ2v) is 4.40. The molecule has 1 rings (SSSR count). The average Bonchev–Trinajstić information content (AvgIpc) is 2.49. The minimum absolute atomic E-state index is 0.126. The molecule has 3 N–H and O–H groups in total. The van der Waals surface area contributed by atoms with Crippen molar-refractivity contribution in [1.82, 2.24) is 5.32 Å². The quantitative estimate of drug-likeness (QED) is 0.572. The van der Waals surface area contributed by atoms with Crippen molar-refractivity contribution in [3.8, 4) is 11.8 Å². The molecular weight excluding hydrogens is 268 g/mol. The molecule has 0 atom stereocenters. The molecule has 5 heteroatoms. The average molecular weight is 290 g/mol. The smallest absolute Gasteiger partial charge is 0.251 e. The van der Waals surface area contributed by atoms with Gasteiger partial charge in [0.1, 0.15) is 0 Å². The van der Waals surface area contributed by atoms with Crippen LogP contribution in [0.4, 0.5) is 0 Å². The van der Waals surface area contributed by atoms with Crippen LogP contribution in [0.1, 0.15) is 21.5 Å². The molecule has 0 aliphatic rings. The zero-order chi connectivity index (χ0) is 15.5. The lowest BCUT2D eigenvalue weighted by atomic mass is 10.0. The molecule has 1 amide bonds. The number of carbonyl (C=O) groups excluding carboxylic acids is 1. The van der Waals surface area contributed by atoms with Gasteiger partial charge in [0.25, 0.3) is 5.91 Å². The Hall–Kier alpha value is -1.87. The highest BCUT2D eigenvalue weighted by Gasteiger charge is 2.08. The Kier molecular flexibility index (Phi) is 8.14. The predicted octanol–water partition coefficient (Wildman–Crippen LogP) is 0.698. The highest BCUT2D eigenvalue weighted by Crippen LogP contribution is 2.10. The van der Waals surface area contributed by atoms with Crippen molar-refractivity contribution < 1.29 is 14.3 Å². The molecule has 0 aromatic heterocycles. The van der Waals surface area contributed by atoms with Crippen molar-refractivity contribution in [2.75, 3.05) is 40.0 Å². The largest absolute Gasteiger partial charge is 0.382 e. The van der Waals surface area contributed by atoms with Crippen LogP contribution >= 0.6 is 0 Å². The van der Waals surface area contributed by atoms with Gasteiger partial charge in [0.15, 0.2) is 0 Å². The Labute approximate surface area is 125 Å². The van der Waals surface area contributed by atoms with Gasteiger partial charge in [-0.3, -0.25) is 4.79 Å². The number of carbonyl (C=O) groups is 1. The van der Waals surface area contributed by atoms with Crippen LogP contribution in [0.5, 0.6) is 0 Å². The van der Waals surface area contributed by atoms with Gasteiger partial charge in [-0.2, -0.15) is 0 Å². The Balaban J connectivity index is 2.53. The third-order valence-corrected chi connectivity index (χ3v) is 2.78. The van der Waals surface area contributed by atoms with E-state index in [0.29, 0.717) is 38.5 Å². The molecule has 1 aromatic rings. The molecule has 1 aromatic carbocycles. The lowest BCUT2D eigenvalue weighted by Gasteiger charge is -2.08. The molecule has 0 fully saturated rings. The number of methoxy groups -OCH3 is 1. The molecule has 21 heavy (non-hydrogen) atoms. The van der Waals surface area contributed by atoms with Crippen LogP contribution in [0.2, 0.25) is 0 Å². The Bertz CT molecular complexity index is 518. The molecule has 0 radical (unpaired) electrons. The fourth-order valence-electron chi connectivity index (χ4n) is 1.67. The fraction of sp³-hybridized carbons (Fsp3) is 0.438. The van der Waals surface area contributed by atoms with E-state index in [4.69, 9.17) is 15.2 Å². The van der Waals surface area contributed by atoms with Gasteiger partial charge in [-0.25, -0.2) is 0 Å². The van der Waals surface area contributed by atoms with Crippen molar-refractivity contribution in [3.05, 3.63) is 34.9 Å². The van der Waals surface area contributed by atoms with Crippen LogP contribution in [-0.4, -0.2) is 45.9 Å². The van der Waals surface area contributed by atoms with Crippen molar-refractivity contribution in [1.29, 1.82) is 0 Å². The zero-order valence-electron chi connectivity index (χ0n) is 12.6. The zero-order valence-corrected chi connectivity index (χ0v) is 12.6. The highest BCUT2D eigenvalue weighted by atomic mass is 16.5. The maximum Gasteiger partial charge on any atom is 0.251 e. The van der Waals surface area contributed by atoms with Crippen LogP contribution in [0.25, 0.3) is 0 Å². The number of rotatable bonds is 7. The van der Waals surface area contributed by atoms with Crippen molar-refractivity contribution in [2.24, 2.45) is 5.73 Å². The predicted molar refractivity (Wildman–Crippen MR) is 82.1 cm³/mol. The summed E-state index contributed by atoms with van der Waals surface area (Å²) < 4.78 is 10.2. The summed E-state index contributed by atoms with van der Waals surface area (Å²) >= 11 is 0. The number of ether oxygens (including phenoxy) is 2. The first-order chi connectivity index (χ1) is 10.2. The van der Waals surface area contributed by atoms with Crippen LogP contribution in [0.15, 0.2) is 18.2 Å². The van der Waals surface area contributed by atoms with E-state index in [-0.39, 0.29) is 5.91 Å². The highest BCUT2D eigenvalue weighted by molar-refractivity contribution is 5.96. The monoisotopic (exact) mass is 290 g/mol. The Morgan fingerprint density at radius 2 is 2.14 bits per heavy atom. The number of hydrogen-bond donors (Lipinski definition) is 2. The van der Waals surface area contributed by atoms with E-state index in [9.17, 15) is 4.79 Å². The number of hydrogen-bond acceptors (Lipinski definition) is 4. The van der Waals surface area contributed by atoms with E-state index in [1.807, 2.05) is 19.1 Å². The second-order valence-electron chi connectivity index (χ2n) is 4.40. The third-order valence-electron chi connectivity index (χ3n) is 2.78. The number of aryl methyl sites for hydroxylation is 1. The molecule has 0 saturated carbocycles. The van der Waals surface area contributed by atoms with Gasteiger partial charge < -0.3 is 20.5 Å². The van der Waals surface area contributed by atoms with Crippen molar-refractivity contribution >= 4 is 5.91 Å².